The number of hydrogen-bond acceptors (Lipinski definition) is 1. The lowest BCUT2D eigenvalue weighted by molar-refractivity contribution is 0.414. The maximum absolute atomic E-state index is 4.52. The topological polar surface area (TPSA) is 12.9 Å². The van der Waals surface area contributed by atoms with Gasteiger partial charge in [-0.2, -0.15) is 0 Å². The molecule has 1 aromatic carbocycles. The summed E-state index contributed by atoms with van der Waals surface area (Å²) in [6.07, 6.45) is 4.41. The normalized spacial score (nSPS) is 11.8. The Hall–Kier alpha value is -1.63. The van der Waals surface area contributed by atoms with Gasteiger partial charge in [-0.15, -0.1) is 0 Å². The zero-order valence-electron chi connectivity index (χ0n) is 13.1. The van der Waals surface area contributed by atoms with Crippen LogP contribution in [-0.2, 0) is 5.41 Å². The highest BCUT2D eigenvalue weighted by atomic mass is 14.7. The molecule has 0 radical (unpaired) electrons. The molecule has 1 nitrogen and oxygen atoms in total. The summed E-state index contributed by atoms with van der Waals surface area (Å²) in [6.45, 7) is 9.25. The molecule has 20 heavy (non-hydrogen) atoms. The third-order valence-electron chi connectivity index (χ3n) is 3.96. The molecule has 2 rings (SSSR count). The molecule has 0 bridgehead atoms. The SMILES string of the molecule is CC(C)CCC(C)(C)c1ccnc(-c2ccccc2)c1. The summed E-state index contributed by atoms with van der Waals surface area (Å²) in [5, 5.41) is 0. The summed E-state index contributed by atoms with van der Waals surface area (Å²) in [6, 6.07) is 14.8. The zero-order valence-corrected chi connectivity index (χ0v) is 13.1. The molecule has 0 saturated carbocycles. The van der Waals surface area contributed by atoms with E-state index in [0.29, 0.717) is 0 Å². The maximum Gasteiger partial charge on any atom is 0.0704 e. The second kappa shape index (κ2) is 6.21. The summed E-state index contributed by atoms with van der Waals surface area (Å²) in [5.41, 5.74) is 3.85. The Bertz CT molecular complexity index is 541. The van der Waals surface area contributed by atoms with Crippen molar-refractivity contribution in [1.82, 2.24) is 4.98 Å². The van der Waals surface area contributed by atoms with E-state index >= 15 is 0 Å². The molecule has 0 N–H and O–H groups in total. The van der Waals surface area contributed by atoms with Crippen LogP contribution in [0.5, 0.6) is 0 Å². The van der Waals surface area contributed by atoms with E-state index in [1.807, 2.05) is 12.3 Å². The summed E-state index contributed by atoms with van der Waals surface area (Å²) < 4.78 is 0. The van der Waals surface area contributed by atoms with Crippen LogP contribution in [0.1, 0.15) is 46.1 Å². The van der Waals surface area contributed by atoms with E-state index in [4.69, 9.17) is 0 Å². The van der Waals surface area contributed by atoms with Gasteiger partial charge in [-0.25, -0.2) is 0 Å². The second-order valence-electron chi connectivity index (χ2n) is 6.61. The van der Waals surface area contributed by atoms with Crippen LogP contribution in [0.2, 0.25) is 0 Å². The van der Waals surface area contributed by atoms with Crippen molar-refractivity contribution in [2.75, 3.05) is 0 Å². The van der Waals surface area contributed by atoms with Crippen LogP contribution in [0.15, 0.2) is 48.7 Å². The smallest absolute Gasteiger partial charge is 0.0704 e. The summed E-state index contributed by atoms with van der Waals surface area (Å²) in [4.78, 5) is 4.52. The lowest BCUT2D eigenvalue weighted by Gasteiger charge is -2.26. The number of aromatic nitrogens is 1. The first-order chi connectivity index (χ1) is 9.49. The predicted octanol–water partition coefficient (Wildman–Crippen LogP) is 5.46. The van der Waals surface area contributed by atoms with Gasteiger partial charge in [0.05, 0.1) is 5.69 Å². The van der Waals surface area contributed by atoms with E-state index < -0.39 is 0 Å². The minimum Gasteiger partial charge on any atom is -0.256 e. The number of nitrogens with zero attached hydrogens (tertiary/aromatic N) is 1. The van der Waals surface area contributed by atoms with Gasteiger partial charge in [-0.05, 0) is 35.4 Å². The van der Waals surface area contributed by atoms with E-state index in [9.17, 15) is 0 Å². The first-order valence-corrected chi connectivity index (χ1v) is 7.51. The molecule has 0 saturated heterocycles. The Morgan fingerprint density at radius 2 is 1.75 bits per heavy atom. The third kappa shape index (κ3) is 3.69. The van der Waals surface area contributed by atoms with Crippen LogP contribution >= 0.6 is 0 Å². The molecule has 1 heteroatoms. The van der Waals surface area contributed by atoms with Crippen LogP contribution in [0.4, 0.5) is 0 Å². The number of benzene rings is 1. The van der Waals surface area contributed by atoms with Gasteiger partial charge in [0, 0.05) is 11.8 Å². The Morgan fingerprint density at radius 1 is 1.05 bits per heavy atom. The maximum atomic E-state index is 4.52. The average Bonchev–Trinajstić information content (AvgIpc) is 2.46. The van der Waals surface area contributed by atoms with E-state index in [1.165, 1.54) is 24.0 Å². The minimum atomic E-state index is 0.205. The van der Waals surface area contributed by atoms with Crippen LogP contribution in [-0.4, -0.2) is 4.98 Å². The lowest BCUT2D eigenvalue weighted by Crippen LogP contribution is -2.18. The van der Waals surface area contributed by atoms with E-state index in [2.05, 4.69) is 69.1 Å². The lowest BCUT2D eigenvalue weighted by atomic mass is 9.79. The van der Waals surface area contributed by atoms with Crippen molar-refractivity contribution in [1.29, 1.82) is 0 Å². The molecule has 0 aliphatic heterocycles. The summed E-state index contributed by atoms with van der Waals surface area (Å²) >= 11 is 0. The monoisotopic (exact) mass is 267 g/mol. The highest BCUT2D eigenvalue weighted by molar-refractivity contribution is 5.59. The number of hydrogen-bond donors (Lipinski definition) is 0. The Labute approximate surface area is 123 Å². The van der Waals surface area contributed by atoms with Gasteiger partial charge in [0.2, 0.25) is 0 Å². The molecule has 1 heterocycles. The zero-order chi connectivity index (χ0) is 14.6. The predicted molar refractivity (Wildman–Crippen MR) is 86.8 cm³/mol. The van der Waals surface area contributed by atoms with Crippen molar-refractivity contribution in [2.24, 2.45) is 5.92 Å². The highest BCUT2D eigenvalue weighted by Crippen LogP contribution is 2.31. The quantitative estimate of drug-likeness (QED) is 0.700. The largest absolute Gasteiger partial charge is 0.256 e. The van der Waals surface area contributed by atoms with Crippen molar-refractivity contribution in [2.45, 2.75) is 46.0 Å². The molecule has 0 unspecified atom stereocenters. The Kier molecular flexibility index (Phi) is 4.59. The first-order valence-electron chi connectivity index (χ1n) is 7.51. The van der Waals surface area contributed by atoms with Gasteiger partial charge < -0.3 is 0 Å². The first kappa shape index (κ1) is 14.8. The van der Waals surface area contributed by atoms with Crippen LogP contribution in [0, 0.1) is 5.92 Å². The fourth-order valence-electron chi connectivity index (χ4n) is 2.41. The third-order valence-corrected chi connectivity index (χ3v) is 3.96. The van der Waals surface area contributed by atoms with Crippen molar-refractivity contribution >= 4 is 0 Å². The van der Waals surface area contributed by atoms with E-state index in [-0.39, 0.29) is 5.41 Å². The van der Waals surface area contributed by atoms with Crippen LogP contribution in [0.3, 0.4) is 0 Å². The van der Waals surface area contributed by atoms with Crippen LogP contribution in [0.25, 0.3) is 11.3 Å². The highest BCUT2D eigenvalue weighted by Gasteiger charge is 2.21. The van der Waals surface area contributed by atoms with E-state index in [0.717, 1.165) is 11.6 Å². The molecule has 0 aliphatic rings. The van der Waals surface area contributed by atoms with Crippen molar-refractivity contribution in [3.05, 3.63) is 54.2 Å². The molecule has 0 spiro atoms. The standard InChI is InChI=1S/C19H25N/c1-15(2)10-12-19(3,4)17-11-13-20-18(14-17)16-8-6-5-7-9-16/h5-9,11,13-15H,10,12H2,1-4H3. The molecular weight excluding hydrogens is 242 g/mol. The Balaban J connectivity index is 2.25. The fraction of sp³-hybridized carbons (Fsp3) is 0.421. The molecule has 0 amide bonds. The van der Waals surface area contributed by atoms with Gasteiger partial charge in [0.15, 0.2) is 0 Å². The average molecular weight is 267 g/mol. The molecule has 0 aliphatic carbocycles. The second-order valence-corrected chi connectivity index (χ2v) is 6.61. The van der Waals surface area contributed by atoms with Gasteiger partial charge >= 0.3 is 0 Å². The van der Waals surface area contributed by atoms with Gasteiger partial charge in [0.1, 0.15) is 0 Å². The Morgan fingerprint density at radius 3 is 2.40 bits per heavy atom. The molecule has 106 valence electrons. The summed E-state index contributed by atoms with van der Waals surface area (Å²) in [7, 11) is 0. The minimum absolute atomic E-state index is 0.205. The van der Waals surface area contributed by atoms with Crippen molar-refractivity contribution < 1.29 is 0 Å². The molecular formula is C19H25N. The molecule has 0 fully saturated rings. The van der Waals surface area contributed by atoms with E-state index in [1.54, 1.807) is 0 Å². The molecule has 2 aromatic rings. The summed E-state index contributed by atoms with van der Waals surface area (Å²) in [5.74, 6) is 0.754. The molecule has 0 atom stereocenters. The number of pyridine rings is 1. The van der Waals surface area contributed by atoms with Crippen molar-refractivity contribution in [3.8, 4) is 11.3 Å². The fourth-order valence-corrected chi connectivity index (χ4v) is 2.41. The molecule has 1 aromatic heterocycles. The van der Waals surface area contributed by atoms with Crippen LogP contribution < -0.4 is 0 Å². The number of rotatable bonds is 5. The van der Waals surface area contributed by atoms with Crippen molar-refractivity contribution in [3.63, 3.8) is 0 Å². The van der Waals surface area contributed by atoms with Gasteiger partial charge in [0.25, 0.3) is 0 Å². The van der Waals surface area contributed by atoms with Gasteiger partial charge in [-0.1, -0.05) is 64.4 Å². The van der Waals surface area contributed by atoms with Gasteiger partial charge in [-0.3, -0.25) is 4.98 Å².